The van der Waals surface area contributed by atoms with Crippen LogP contribution in [-0.4, -0.2) is 42.2 Å². The molecular weight excluding hydrogens is 316 g/mol. The fourth-order valence-electron chi connectivity index (χ4n) is 2.88. The first-order valence-corrected chi connectivity index (χ1v) is 8.55. The van der Waals surface area contributed by atoms with Crippen molar-refractivity contribution < 1.29 is 9.53 Å². The van der Waals surface area contributed by atoms with Crippen LogP contribution in [0.3, 0.4) is 0 Å². The summed E-state index contributed by atoms with van der Waals surface area (Å²) in [5.74, 6) is 1.42. The normalized spacial score (nSPS) is 14.4. The van der Waals surface area contributed by atoms with E-state index in [2.05, 4.69) is 20.2 Å². The van der Waals surface area contributed by atoms with Gasteiger partial charge in [0.05, 0.1) is 19.8 Å². The minimum absolute atomic E-state index is 0.0979. The van der Waals surface area contributed by atoms with Crippen LogP contribution >= 0.6 is 0 Å². The molecule has 1 aliphatic heterocycles. The number of morpholine rings is 1. The second kappa shape index (κ2) is 7.61. The lowest BCUT2D eigenvalue weighted by Gasteiger charge is -2.28. The molecule has 0 radical (unpaired) electrons. The molecule has 0 atom stereocenters. The number of nitrogens with zero attached hydrogens (tertiary/aromatic N) is 3. The Kier molecular flexibility index (Phi) is 5.28. The van der Waals surface area contributed by atoms with Crippen LogP contribution in [0.5, 0.6) is 0 Å². The summed E-state index contributed by atoms with van der Waals surface area (Å²) in [6, 6.07) is 7.84. The summed E-state index contributed by atoms with van der Waals surface area (Å²) >= 11 is 0. The summed E-state index contributed by atoms with van der Waals surface area (Å²) in [4.78, 5) is 23.7. The van der Waals surface area contributed by atoms with Gasteiger partial charge in [-0.1, -0.05) is 17.7 Å². The average molecular weight is 340 g/mol. The summed E-state index contributed by atoms with van der Waals surface area (Å²) < 4.78 is 5.39. The van der Waals surface area contributed by atoms with Gasteiger partial charge in [-0.3, -0.25) is 4.79 Å². The molecule has 1 amide bonds. The van der Waals surface area contributed by atoms with E-state index in [4.69, 9.17) is 4.74 Å². The number of amides is 1. The van der Waals surface area contributed by atoms with Gasteiger partial charge in [-0.25, -0.2) is 9.97 Å². The molecule has 6 heteroatoms. The number of carbonyl (C=O) groups is 1. The van der Waals surface area contributed by atoms with Gasteiger partial charge >= 0.3 is 0 Å². The van der Waals surface area contributed by atoms with Crippen molar-refractivity contribution in [3.05, 3.63) is 52.5 Å². The SMILES string of the molecule is Cc1ccc(C)c(C(=O)NCc2nc(C)cc(N3CCOCC3)n2)c1. The Balaban J connectivity index is 1.71. The van der Waals surface area contributed by atoms with Crippen LogP contribution in [0.4, 0.5) is 5.82 Å². The Bertz CT molecular complexity index is 770. The molecule has 0 aliphatic carbocycles. The van der Waals surface area contributed by atoms with Crippen molar-refractivity contribution in [1.82, 2.24) is 15.3 Å². The van der Waals surface area contributed by atoms with E-state index in [0.29, 0.717) is 31.1 Å². The summed E-state index contributed by atoms with van der Waals surface area (Å²) in [5, 5.41) is 2.93. The lowest BCUT2D eigenvalue weighted by atomic mass is 10.1. The molecule has 3 rings (SSSR count). The van der Waals surface area contributed by atoms with Crippen LogP contribution in [0.1, 0.15) is 33.0 Å². The number of aryl methyl sites for hydroxylation is 3. The van der Waals surface area contributed by atoms with Crippen LogP contribution < -0.4 is 10.2 Å². The van der Waals surface area contributed by atoms with Crippen molar-refractivity contribution in [2.75, 3.05) is 31.2 Å². The number of ether oxygens (including phenoxy) is 1. The molecule has 0 spiro atoms. The molecular formula is C19H24N4O2. The Hall–Kier alpha value is -2.47. The van der Waals surface area contributed by atoms with Gasteiger partial charge < -0.3 is 15.0 Å². The van der Waals surface area contributed by atoms with Crippen LogP contribution in [-0.2, 0) is 11.3 Å². The number of rotatable bonds is 4. The number of aromatic nitrogens is 2. The van der Waals surface area contributed by atoms with Crippen molar-refractivity contribution in [2.45, 2.75) is 27.3 Å². The number of nitrogens with one attached hydrogen (secondary N) is 1. The predicted octanol–water partition coefficient (Wildman–Crippen LogP) is 2.17. The molecule has 1 saturated heterocycles. The summed E-state index contributed by atoms with van der Waals surface area (Å²) in [6.45, 7) is 9.24. The van der Waals surface area contributed by atoms with Crippen molar-refractivity contribution in [3.8, 4) is 0 Å². The third-order valence-electron chi connectivity index (χ3n) is 4.27. The molecule has 0 bridgehead atoms. The van der Waals surface area contributed by atoms with Gasteiger partial charge in [0.15, 0.2) is 0 Å². The van der Waals surface area contributed by atoms with Crippen molar-refractivity contribution >= 4 is 11.7 Å². The van der Waals surface area contributed by atoms with E-state index < -0.39 is 0 Å². The average Bonchev–Trinajstić information content (AvgIpc) is 2.62. The van der Waals surface area contributed by atoms with Gasteiger partial charge in [0.2, 0.25) is 0 Å². The highest BCUT2D eigenvalue weighted by atomic mass is 16.5. The number of carbonyl (C=O) groups excluding carboxylic acids is 1. The molecule has 1 N–H and O–H groups in total. The van der Waals surface area contributed by atoms with E-state index in [9.17, 15) is 4.79 Å². The molecule has 6 nitrogen and oxygen atoms in total. The van der Waals surface area contributed by atoms with E-state index in [0.717, 1.165) is 35.7 Å². The largest absolute Gasteiger partial charge is 0.378 e. The number of hydrogen-bond donors (Lipinski definition) is 1. The third-order valence-corrected chi connectivity index (χ3v) is 4.27. The van der Waals surface area contributed by atoms with Crippen LogP contribution in [0.15, 0.2) is 24.3 Å². The first-order valence-electron chi connectivity index (χ1n) is 8.55. The van der Waals surface area contributed by atoms with Gasteiger partial charge in [-0.05, 0) is 32.4 Å². The Labute approximate surface area is 148 Å². The standard InChI is InChI=1S/C19H24N4O2/c1-13-4-5-14(2)16(10-13)19(24)20-12-17-21-15(3)11-18(22-17)23-6-8-25-9-7-23/h4-5,10-11H,6-9,12H2,1-3H3,(H,20,24). The van der Waals surface area contributed by atoms with Gasteiger partial charge in [-0.15, -0.1) is 0 Å². The van der Waals surface area contributed by atoms with Crippen molar-refractivity contribution in [1.29, 1.82) is 0 Å². The fourth-order valence-corrected chi connectivity index (χ4v) is 2.88. The van der Waals surface area contributed by atoms with E-state index in [1.165, 1.54) is 0 Å². The zero-order valence-corrected chi connectivity index (χ0v) is 15.0. The molecule has 1 fully saturated rings. The number of hydrogen-bond acceptors (Lipinski definition) is 5. The van der Waals surface area contributed by atoms with E-state index in [1.54, 1.807) is 0 Å². The van der Waals surface area contributed by atoms with E-state index in [1.807, 2.05) is 45.0 Å². The first kappa shape index (κ1) is 17.4. The van der Waals surface area contributed by atoms with Gasteiger partial charge in [0.25, 0.3) is 5.91 Å². The lowest BCUT2D eigenvalue weighted by molar-refractivity contribution is 0.0949. The molecule has 25 heavy (non-hydrogen) atoms. The molecule has 1 aromatic carbocycles. The summed E-state index contributed by atoms with van der Waals surface area (Å²) in [7, 11) is 0. The van der Waals surface area contributed by atoms with E-state index in [-0.39, 0.29) is 5.91 Å². The zero-order chi connectivity index (χ0) is 17.8. The minimum Gasteiger partial charge on any atom is -0.378 e. The Morgan fingerprint density at radius 2 is 1.92 bits per heavy atom. The highest BCUT2D eigenvalue weighted by molar-refractivity contribution is 5.95. The van der Waals surface area contributed by atoms with Gasteiger partial charge in [-0.2, -0.15) is 0 Å². The highest BCUT2D eigenvalue weighted by Crippen LogP contribution is 2.15. The Morgan fingerprint density at radius 3 is 2.68 bits per heavy atom. The van der Waals surface area contributed by atoms with Crippen LogP contribution in [0.2, 0.25) is 0 Å². The van der Waals surface area contributed by atoms with Crippen molar-refractivity contribution in [2.24, 2.45) is 0 Å². The fraction of sp³-hybridized carbons (Fsp3) is 0.421. The molecule has 2 heterocycles. The Morgan fingerprint density at radius 1 is 1.16 bits per heavy atom. The van der Waals surface area contributed by atoms with Crippen LogP contribution in [0, 0.1) is 20.8 Å². The quantitative estimate of drug-likeness (QED) is 0.924. The summed E-state index contributed by atoms with van der Waals surface area (Å²) in [5.41, 5.74) is 3.62. The maximum absolute atomic E-state index is 12.5. The second-order valence-electron chi connectivity index (χ2n) is 6.38. The van der Waals surface area contributed by atoms with Crippen molar-refractivity contribution in [3.63, 3.8) is 0 Å². The van der Waals surface area contributed by atoms with Gasteiger partial charge in [0, 0.05) is 30.4 Å². The molecule has 0 unspecified atom stereocenters. The molecule has 2 aromatic rings. The van der Waals surface area contributed by atoms with Crippen LogP contribution in [0.25, 0.3) is 0 Å². The van der Waals surface area contributed by atoms with Gasteiger partial charge in [0.1, 0.15) is 11.6 Å². The minimum atomic E-state index is -0.0979. The molecule has 1 aromatic heterocycles. The molecule has 132 valence electrons. The second-order valence-corrected chi connectivity index (χ2v) is 6.38. The highest BCUT2D eigenvalue weighted by Gasteiger charge is 2.15. The lowest BCUT2D eigenvalue weighted by Crippen LogP contribution is -2.37. The summed E-state index contributed by atoms with van der Waals surface area (Å²) in [6.07, 6.45) is 0. The molecule has 0 saturated carbocycles. The zero-order valence-electron chi connectivity index (χ0n) is 15.0. The molecule has 1 aliphatic rings. The topological polar surface area (TPSA) is 67.4 Å². The third kappa shape index (κ3) is 4.33. The monoisotopic (exact) mass is 340 g/mol. The smallest absolute Gasteiger partial charge is 0.251 e. The predicted molar refractivity (Wildman–Crippen MR) is 96.9 cm³/mol. The maximum atomic E-state index is 12.5. The first-order chi connectivity index (χ1) is 12.0. The number of anilines is 1. The maximum Gasteiger partial charge on any atom is 0.251 e. The number of benzene rings is 1. The van der Waals surface area contributed by atoms with E-state index >= 15 is 0 Å².